The van der Waals surface area contributed by atoms with Crippen molar-refractivity contribution in [2.45, 2.75) is 50.3 Å². The molecule has 0 saturated carbocycles. The molecule has 0 unspecified atom stereocenters. The first-order chi connectivity index (χ1) is 20.6. The molecule has 1 fully saturated rings. The van der Waals surface area contributed by atoms with Gasteiger partial charge in [-0.3, -0.25) is 4.84 Å². The van der Waals surface area contributed by atoms with Gasteiger partial charge in [0, 0.05) is 25.3 Å². The molecule has 4 aromatic rings. The van der Waals surface area contributed by atoms with Crippen LogP contribution >= 0.6 is 0 Å². The molecule has 2 aliphatic heterocycles. The zero-order chi connectivity index (χ0) is 30.3. The standard InChI is InChI=1S/C30H30N4O8S/c1-17-4-8-19(9-5-17)28(35)39-16-23-22(42-29(36)20-10-6-18(2)7-11-20)14-24(41-23)34-15-21-12-13-40-33-26-25(21)27(34)32-30(31-26)43(3,37)38/h4-11,15,22-24H,12-14,16H2,1-3H3,(H,31,32,33)/t22-,23+,24+/m0/s1. The molecule has 2 aromatic heterocycles. The van der Waals surface area contributed by atoms with E-state index in [1.54, 1.807) is 28.8 Å². The molecule has 224 valence electrons. The second-order valence-electron chi connectivity index (χ2n) is 10.7. The summed E-state index contributed by atoms with van der Waals surface area (Å²) in [7, 11) is -3.76. The van der Waals surface area contributed by atoms with Crippen LogP contribution in [-0.4, -0.2) is 66.6 Å². The van der Waals surface area contributed by atoms with Crippen LogP contribution in [0.3, 0.4) is 0 Å². The first kappa shape index (κ1) is 28.8. The Bertz CT molecular complexity index is 1800. The van der Waals surface area contributed by atoms with Crippen LogP contribution in [0.4, 0.5) is 5.82 Å². The van der Waals surface area contributed by atoms with Crippen LogP contribution < -0.4 is 5.48 Å². The van der Waals surface area contributed by atoms with Gasteiger partial charge in [-0.15, -0.1) is 0 Å². The van der Waals surface area contributed by atoms with Gasteiger partial charge in [-0.1, -0.05) is 35.4 Å². The van der Waals surface area contributed by atoms with Crippen LogP contribution in [0.2, 0.25) is 0 Å². The second-order valence-corrected chi connectivity index (χ2v) is 12.6. The Morgan fingerprint density at radius 2 is 1.65 bits per heavy atom. The van der Waals surface area contributed by atoms with Crippen molar-refractivity contribution in [2.24, 2.45) is 0 Å². The zero-order valence-corrected chi connectivity index (χ0v) is 24.6. The van der Waals surface area contributed by atoms with Gasteiger partial charge in [0.2, 0.25) is 9.84 Å². The summed E-state index contributed by atoms with van der Waals surface area (Å²) in [6, 6.07) is 14.0. The van der Waals surface area contributed by atoms with Gasteiger partial charge < -0.3 is 18.8 Å². The third kappa shape index (κ3) is 5.96. The topological polar surface area (TPSA) is 148 Å². The maximum atomic E-state index is 13.1. The van der Waals surface area contributed by atoms with E-state index in [4.69, 9.17) is 19.0 Å². The van der Waals surface area contributed by atoms with E-state index in [1.807, 2.05) is 44.3 Å². The van der Waals surface area contributed by atoms with Crippen molar-refractivity contribution < 1.29 is 37.1 Å². The number of carbonyl (C=O) groups excluding carboxylic acids is 2. The van der Waals surface area contributed by atoms with Crippen molar-refractivity contribution in [1.82, 2.24) is 14.5 Å². The molecular weight excluding hydrogens is 576 g/mol. The molecule has 1 saturated heterocycles. The molecule has 0 radical (unpaired) electrons. The van der Waals surface area contributed by atoms with E-state index in [0.29, 0.717) is 35.2 Å². The maximum absolute atomic E-state index is 13.1. The molecule has 1 N–H and O–H groups in total. The monoisotopic (exact) mass is 606 g/mol. The molecule has 3 atom stereocenters. The molecule has 0 bridgehead atoms. The number of carbonyl (C=O) groups is 2. The molecule has 0 amide bonds. The number of hydrogen-bond acceptors (Lipinski definition) is 11. The summed E-state index contributed by atoms with van der Waals surface area (Å²) in [6.07, 6.45) is 1.25. The van der Waals surface area contributed by atoms with Crippen LogP contribution in [0, 0.1) is 13.8 Å². The van der Waals surface area contributed by atoms with Gasteiger partial charge in [0.25, 0.3) is 5.16 Å². The van der Waals surface area contributed by atoms with Gasteiger partial charge in [0.05, 0.1) is 23.1 Å². The van der Waals surface area contributed by atoms with Crippen LogP contribution in [0.15, 0.2) is 59.9 Å². The highest BCUT2D eigenvalue weighted by atomic mass is 32.2. The maximum Gasteiger partial charge on any atom is 0.338 e. The minimum absolute atomic E-state index is 0.175. The van der Waals surface area contributed by atoms with Crippen LogP contribution in [0.5, 0.6) is 0 Å². The van der Waals surface area contributed by atoms with E-state index in [9.17, 15) is 18.0 Å². The average Bonchev–Trinajstić information content (AvgIpc) is 3.47. The predicted octanol–water partition coefficient (Wildman–Crippen LogP) is 3.72. The molecule has 0 aliphatic carbocycles. The Kier molecular flexibility index (Phi) is 7.63. The lowest BCUT2D eigenvalue weighted by Crippen LogP contribution is -2.32. The van der Waals surface area contributed by atoms with E-state index < -0.39 is 40.2 Å². The highest BCUT2D eigenvalue weighted by Crippen LogP contribution is 2.38. The predicted molar refractivity (Wildman–Crippen MR) is 154 cm³/mol. The molecular formula is C30H30N4O8S. The summed E-state index contributed by atoms with van der Waals surface area (Å²) in [4.78, 5) is 39.8. The minimum atomic E-state index is -3.76. The molecule has 12 nitrogen and oxygen atoms in total. The summed E-state index contributed by atoms with van der Waals surface area (Å²) >= 11 is 0. The summed E-state index contributed by atoms with van der Waals surface area (Å²) in [5.74, 6) is -0.838. The number of aryl methyl sites for hydroxylation is 2. The third-order valence-electron chi connectivity index (χ3n) is 7.41. The van der Waals surface area contributed by atoms with Gasteiger partial charge in [-0.05, 0) is 43.7 Å². The van der Waals surface area contributed by atoms with Gasteiger partial charge in [-0.25, -0.2) is 23.5 Å². The van der Waals surface area contributed by atoms with E-state index in [2.05, 4.69) is 15.4 Å². The Morgan fingerprint density at radius 1 is 1.00 bits per heavy atom. The number of nitrogens with zero attached hydrogens (tertiary/aromatic N) is 3. The van der Waals surface area contributed by atoms with E-state index >= 15 is 0 Å². The van der Waals surface area contributed by atoms with Crippen LogP contribution in [-0.2, 0) is 35.3 Å². The lowest BCUT2D eigenvalue weighted by Gasteiger charge is -2.19. The number of ether oxygens (including phenoxy) is 3. The number of anilines is 1. The number of hydrogen-bond donors (Lipinski definition) is 1. The van der Waals surface area contributed by atoms with Crippen molar-refractivity contribution in [3.8, 4) is 0 Å². The molecule has 4 heterocycles. The zero-order valence-electron chi connectivity index (χ0n) is 23.8. The number of benzene rings is 2. The summed E-state index contributed by atoms with van der Waals surface area (Å²) in [5, 5.41) is 0.235. The molecule has 43 heavy (non-hydrogen) atoms. The normalized spacial score (nSPS) is 19.9. The lowest BCUT2D eigenvalue weighted by molar-refractivity contribution is -0.0562. The Labute approximate surface area is 247 Å². The number of aromatic nitrogens is 3. The fourth-order valence-corrected chi connectivity index (χ4v) is 5.61. The Balaban J connectivity index is 1.32. The quantitative estimate of drug-likeness (QED) is 0.242. The largest absolute Gasteiger partial charge is 0.459 e. The second kappa shape index (κ2) is 11.4. The van der Waals surface area contributed by atoms with Crippen molar-refractivity contribution in [3.63, 3.8) is 0 Å². The van der Waals surface area contributed by atoms with E-state index in [-0.39, 0.29) is 24.0 Å². The first-order valence-electron chi connectivity index (χ1n) is 13.7. The number of rotatable bonds is 7. The molecule has 0 spiro atoms. The lowest BCUT2D eigenvalue weighted by atomic mass is 10.1. The summed E-state index contributed by atoms with van der Waals surface area (Å²) in [6.45, 7) is 3.99. The number of sulfone groups is 1. The van der Waals surface area contributed by atoms with Crippen molar-refractivity contribution in [3.05, 3.63) is 82.5 Å². The smallest absolute Gasteiger partial charge is 0.338 e. The van der Waals surface area contributed by atoms with Crippen molar-refractivity contribution in [2.75, 3.05) is 24.9 Å². The summed E-state index contributed by atoms with van der Waals surface area (Å²) < 4.78 is 44.4. The average molecular weight is 607 g/mol. The van der Waals surface area contributed by atoms with Gasteiger partial charge in [0.15, 0.2) is 5.82 Å². The van der Waals surface area contributed by atoms with Gasteiger partial charge in [0.1, 0.15) is 30.7 Å². The Hall–Kier alpha value is -4.33. The van der Waals surface area contributed by atoms with Crippen LogP contribution in [0.1, 0.15) is 50.1 Å². The summed E-state index contributed by atoms with van der Waals surface area (Å²) in [5.41, 5.74) is 6.65. The molecule has 13 heteroatoms. The SMILES string of the molecule is Cc1ccc(C(=O)OC[C@H]2O[C@@H](n3cc4c5c(nc(S(C)(=O)=O)nc53)NOCC4)C[C@@H]2OC(=O)c2ccc(C)cc2)cc1. The van der Waals surface area contributed by atoms with E-state index in [0.717, 1.165) is 22.9 Å². The number of esters is 2. The fourth-order valence-electron chi connectivity index (χ4n) is 5.11. The number of nitrogens with one attached hydrogen (secondary N) is 1. The van der Waals surface area contributed by atoms with Crippen molar-refractivity contribution >= 4 is 38.6 Å². The highest BCUT2D eigenvalue weighted by molar-refractivity contribution is 7.90. The molecule has 2 aromatic carbocycles. The third-order valence-corrected chi connectivity index (χ3v) is 8.25. The molecule has 6 rings (SSSR count). The van der Waals surface area contributed by atoms with Gasteiger partial charge >= 0.3 is 11.9 Å². The molecule has 2 aliphatic rings. The van der Waals surface area contributed by atoms with Crippen molar-refractivity contribution in [1.29, 1.82) is 0 Å². The highest BCUT2D eigenvalue weighted by Gasteiger charge is 2.41. The Morgan fingerprint density at radius 3 is 2.30 bits per heavy atom. The first-order valence-corrected chi connectivity index (χ1v) is 15.6. The van der Waals surface area contributed by atoms with Crippen LogP contribution in [0.25, 0.3) is 11.0 Å². The van der Waals surface area contributed by atoms with Gasteiger partial charge in [-0.2, -0.15) is 9.97 Å². The minimum Gasteiger partial charge on any atom is -0.459 e. The fraction of sp³-hybridized carbons (Fsp3) is 0.333. The van der Waals surface area contributed by atoms with E-state index in [1.165, 1.54) is 0 Å².